The molecule has 0 spiro atoms. The fraction of sp³-hybridized carbons (Fsp3) is 0.250. The van der Waals surface area contributed by atoms with E-state index in [0.29, 0.717) is 11.4 Å². The lowest BCUT2D eigenvalue weighted by Gasteiger charge is -2.15. The Kier molecular flexibility index (Phi) is 5.61. The second-order valence-electron chi connectivity index (χ2n) is 7.21. The van der Waals surface area contributed by atoms with Crippen LogP contribution < -0.4 is 4.72 Å². The van der Waals surface area contributed by atoms with Crippen molar-refractivity contribution in [3.8, 4) is 0 Å². The van der Waals surface area contributed by atoms with Crippen molar-refractivity contribution in [2.75, 3.05) is 4.72 Å². The summed E-state index contributed by atoms with van der Waals surface area (Å²) < 4.78 is 45.0. The Balaban J connectivity index is 1.45. The predicted octanol–water partition coefficient (Wildman–Crippen LogP) is 4.83. The van der Waals surface area contributed by atoms with Crippen molar-refractivity contribution in [1.29, 1.82) is 0 Å². The fourth-order valence-electron chi connectivity index (χ4n) is 3.41. The molecular weight excluding hydrogens is 449 g/mol. The molecule has 1 aromatic heterocycles. The van der Waals surface area contributed by atoms with Crippen molar-refractivity contribution < 1.29 is 17.6 Å². The molecule has 30 heavy (non-hydrogen) atoms. The topological polar surface area (TPSA) is 89.0 Å². The number of rotatable bonds is 8. The summed E-state index contributed by atoms with van der Waals surface area (Å²) in [6.07, 6.45) is 4.07. The number of carbonyl (C=O) groups excluding carboxylic acids is 1. The van der Waals surface area contributed by atoms with E-state index < -0.39 is 20.7 Å². The predicted molar refractivity (Wildman–Crippen MR) is 113 cm³/mol. The molecule has 0 saturated heterocycles. The van der Waals surface area contributed by atoms with Crippen molar-refractivity contribution in [1.82, 2.24) is 9.36 Å². The molecule has 0 radical (unpaired) electrons. The van der Waals surface area contributed by atoms with Crippen LogP contribution in [0.25, 0.3) is 0 Å². The molecular formula is C20H17ClFN3O3S2. The molecule has 0 unspecified atom stereocenters. The van der Waals surface area contributed by atoms with Gasteiger partial charge in [-0.1, -0.05) is 23.7 Å². The molecule has 1 saturated carbocycles. The lowest BCUT2D eigenvalue weighted by molar-refractivity contribution is 0.0975. The van der Waals surface area contributed by atoms with Gasteiger partial charge in [-0.25, -0.2) is 17.8 Å². The summed E-state index contributed by atoms with van der Waals surface area (Å²) in [7, 11) is -4.16. The molecule has 0 atom stereocenters. The molecule has 0 aliphatic heterocycles. The lowest BCUT2D eigenvalue weighted by Crippen LogP contribution is -2.15. The van der Waals surface area contributed by atoms with Crippen LogP contribution in [0.5, 0.6) is 0 Å². The van der Waals surface area contributed by atoms with Gasteiger partial charge in [0.2, 0.25) is 5.13 Å². The highest BCUT2D eigenvalue weighted by Gasteiger charge is 2.43. The summed E-state index contributed by atoms with van der Waals surface area (Å²) in [5, 5.41) is 0.697. The van der Waals surface area contributed by atoms with Gasteiger partial charge in [-0.05, 0) is 60.6 Å². The van der Waals surface area contributed by atoms with Gasteiger partial charge >= 0.3 is 0 Å². The van der Waals surface area contributed by atoms with Crippen LogP contribution >= 0.6 is 23.1 Å². The zero-order chi connectivity index (χ0) is 21.4. The molecule has 6 nitrogen and oxygen atoms in total. The molecule has 1 aliphatic rings. The van der Waals surface area contributed by atoms with E-state index in [-0.39, 0.29) is 28.3 Å². The maximum Gasteiger partial charge on any atom is 0.266 e. The lowest BCUT2D eigenvalue weighted by atomic mass is 9.89. The molecule has 1 aliphatic carbocycles. The van der Waals surface area contributed by atoms with Crippen LogP contribution in [0.4, 0.5) is 9.52 Å². The van der Waals surface area contributed by atoms with Crippen LogP contribution in [0.1, 0.15) is 41.6 Å². The molecule has 2 aromatic carbocycles. The molecule has 4 rings (SSSR count). The Morgan fingerprint density at radius 1 is 1.20 bits per heavy atom. The molecule has 1 heterocycles. The van der Waals surface area contributed by atoms with Gasteiger partial charge in [0.25, 0.3) is 10.0 Å². The van der Waals surface area contributed by atoms with Gasteiger partial charge in [0.05, 0.1) is 0 Å². The largest absolute Gasteiger partial charge is 0.294 e. The summed E-state index contributed by atoms with van der Waals surface area (Å²) in [6, 6.07) is 11.0. The molecule has 0 bridgehead atoms. The van der Waals surface area contributed by atoms with Gasteiger partial charge in [-0.15, -0.1) is 0 Å². The van der Waals surface area contributed by atoms with Gasteiger partial charge in [-0.2, -0.15) is 4.37 Å². The Morgan fingerprint density at radius 2 is 1.93 bits per heavy atom. The Hall–Kier alpha value is -2.36. The number of ketones is 1. The zero-order valence-corrected chi connectivity index (χ0v) is 18.0. The van der Waals surface area contributed by atoms with Gasteiger partial charge in [0, 0.05) is 28.5 Å². The van der Waals surface area contributed by atoms with Gasteiger partial charge in [0.1, 0.15) is 17.0 Å². The van der Waals surface area contributed by atoms with Gasteiger partial charge in [-0.3, -0.25) is 9.52 Å². The number of sulfonamides is 1. The highest BCUT2D eigenvalue weighted by molar-refractivity contribution is 7.93. The van der Waals surface area contributed by atoms with E-state index in [2.05, 4.69) is 14.1 Å². The number of benzene rings is 2. The standard InChI is InChI=1S/C20H17ClFN3O3S2/c21-15-4-2-14(3-5-15)20(9-10-20)8-7-17(26)13-1-6-18(16(22)11-13)30(27,28)25-19-23-12-24-29-19/h1-6,11-12H,7-10H2,(H,23,24,25). The highest BCUT2D eigenvalue weighted by atomic mass is 35.5. The maximum atomic E-state index is 14.5. The minimum Gasteiger partial charge on any atom is -0.294 e. The maximum absolute atomic E-state index is 14.5. The fourth-order valence-corrected chi connectivity index (χ4v) is 5.26. The third-order valence-electron chi connectivity index (χ3n) is 5.27. The van der Waals surface area contributed by atoms with Crippen molar-refractivity contribution >= 4 is 44.1 Å². The Bertz CT molecular complexity index is 1180. The van der Waals surface area contributed by atoms with Crippen molar-refractivity contribution in [2.24, 2.45) is 0 Å². The molecule has 1 N–H and O–H groups in total. The SMILES string of the molecule is O=C(CCC1(c2ccc(Cl)cc2)CC1)c1ccc(S(=O)(=O)Nc2ncns2)c(F)c1. The minimum absolute atomic E-state index is 0.0338. The number of nitrogens with one attached hydrogen (secondary N) is 1. The van der Waals surface area contributed by atoms with Crippen molar-refractivity contribution in [3.05, 3.63) is 70.8 Å². The molecule has 156 valence electrons. The van der Waals surface area contributed by atoms with Crippen LogP contribution in [0.2, 0.25) is 5.02 Å². The number of hydrogen-bond acceptors (Lipinski definition) is 6. The third-order valence-corrected chi connectivity index (χ3v) is 7.60. The Morgan fingerprint density at radius 3 is 2.53 bits per heavy atom. The number of aromatic nitrogens is 2. The first-order valence-electron chi connectivity index (χ1n) is 9.17. The number of nitrogens with zero attached hydrogens (tertiary/aromatic N) is 2. The van der Waals surface area contributed by atoms with Crippen LogP contribution in [0.15, 0.2) is 53.7 Å². The van der Waals surface area contributed by atoms with E-state index in [1.165, 1.54) is 12.4 Å². The molecule has 3 aromatic rings. The number of Topliss-reactive ketones (excluding diaryl/α,β-unsaturated/α-hetero) is 1. The Labute approximate surface area is 182 Å². The van der Waals surface area contributed by atoms with Crippen LogP contribution in [0.3, 0.4) is 0 Å². The first-order chi connectivity index (χ1) is 14.3. The van der Waals surface area contributed by atoms with E-state index in [1.54, 1.807) is 0 Å². The summed E-state index contributed by atoms with van der Waals surface area (Å²) in [5.41, 5.74) is 1.26. The number of halogens is 2. The quantitative estimate of drug-likeness (QED) is 0.481. The third kappa shape index (κ3) is 4.38. The first kappa shape index (κ1) is 20.9. The number of anilines is 1. The molecule has 1 fully saturated rings. The summed E-state index contributed by atoms with van der Waals surface area (Å²) in [6.45, 7) is 0. The summed E-state index contributed by atoms with van der Waals surface area (Å²) >= 11 is 6.78. The van der Waals surface area contributed by atoms with E-state index in [0.717, 1.165) is 42.1 Å². The average molecular weight is 466 g/mol. The smallest absolute Gasteiger partial charge is 0.266 e. The van der Waals surface area contributed by atoms with Crippen LogP contribution in [-0.2, 0) is 15.4 Å². The van der Waals surface area contributed by atoms with Crippen LogP contribution in [0, 0.1) is 5.82 Å². The molecule has 10 heteroatoms. The zero-order valence-electron chi connectivity index (χ0n) is 15.6. The van der Waals surface area contributed by atoms with E-state index in [1.807, 2.05) is 24.3 Å². The number of hydrogen-bond donors (Lipinski definition) is 1. The number of carbonyl (C=O) groups is 1. The first-order valence-corrected chi connectivity index (χ1v) is 11.8. The normalized spacial score (nSPS) is 15.0. The van der Waals surface area contributed by atoms with Gasteiger partial charge in [0.15, 0.2) is 5.78 Å². The van der Waals surface area contributed by atoms with Crippen molar-refractivity contribution in [3.63, 3.8) is 0 Å². The van der Waals surface area contributed by atoms with Crippen molar-refractivity contribution in [2.45, 2.75) is 36.0 Å². The minimum atomic E-state index is -4.16. The van der Waals surface area contributed by atoms with Crippen LogP contribution in [-0.4, -0.2) is 23.6 Å². The second-order valence-corrected chi connectivity index (χ2v) is 10.1. The van der Waals surface area contributed by atoms with E-state index in [9.17, 15) is 17.6 Å². The van der Waals surface area contributed by atoms with E-state index in [4.69, 9.17) is 11.6 Å². The average Bonchev–Trinajstić information content (AvgIpc) is 3.34. The van der Waals surface area contributed by atoms with E-state index >= 15 is 0 Å². The summed E-state index contributed by atoms with van der Waals surface area (Å²) in [5.74, 6) is -1.22. The summed E-state index contributed by atoms with van der Waals surface area (Å²) in [4.78, 5) is 15.8. The second kappa shape index (κ2) is 8.05. The molecule has 0 amide bonds. The monoisotopic (exact) mass is 465 g/mol. The highest BCUT2D eigenvalue weighted by Crippen LogP contribution is 2.52. The van der Waals surface area contributed by atoms with Gasteiger partial charge < -0.3 is 0 Å².